The number of nitrogens with zero attached hydrogens (tertiary/aromatic N) is 1. The summed E-state index contributed by atoms with van der Waals surface area (Å²) < 4.78 is 0.787. The summed E-state index contributed by atoms with van der Waals surface area (Å²) in [6.07, 6.45) is 7.63. The highest BCUT2D eigenvalue weighted by Crippen LogP contribution is 2.07. The SMILES string of the molecule is C#CCSC(=S)NN1CCCC1. The van der Waals surface area contributed by atoms with Crippen LogP contribution in [0.15, 0.2) is 0 Å². The Morgan fingerprint density at radius 2 is 2.25 bits per heavy atom. The van der Waals surface area contributed by atoms with E-state index in [0.717, 1.165) is 17.4 Å². The quantitative estimate of drug-likeness (QED) is 0.532. The molecule has 12 heavy (non-hydrogen) atoms. The second-order valence-electron chi connectivity index (χ2n) is 2.59. The molecular weight excluding hydrogens is 188 g/mol. The highest BCUT2D eigenvalue weighted by Gasteiger charge is 2.11. The van der Waals surface area contributed by atoms with Gasteiger partial charge in [-0.2, -0.15) is 0 Å². The van der Waals surface area contributed by atoms with Gasteiger partial charge in [0.05, 0.1) is 5.75 Å². The fourth-order valence-electron chi connectivity index (χ4n) is 1.10. The zero-order valence-electron chi connectivity index (χ0n) is 6.88. The summed E-state index contributed by atoms with van der Waals surface area (Å²) in [5.74, 6) is 3.19. The van der Waals surface area contributed by atoms with Crippen molar-refractivity contribution in [2.75, 3.05) is 18.8 Å². The largest absolute Gasteiger partial charge is 0.304 e. The van der Waals surface area contributed by atoms with Crippen molar-refractivity contribution in [2.45, 2.75) is 12.8 Å². The minimum atomic E-state index is 0.652. The van der Waals surface area contributed by atoms with Gasteiger partial charge in [0.15, 0.2) is 0 Å². The lowest BCUT2D eigenvalue weighted by molar-refractivity contribution is 0.300. The lowest BCUT2D eigenvalue weighted by Gasteiger charge is -2.16. The number of thiocarbonyl (C=S) groups is 1. The standard InChI is InChI=1S/C8H12N2S2/c1-2-7-12-8(11)9-10-5-3-4-6-10/h1H,3-7H2,(H,9,11). The van der Waals surface area contributed by atoms with E-state index in [1.807, 2.05) is 0 Å². The van der Waals surface area contributed by atoms with Gasteiger partial charge in [-0.3, -0.25) is 0 Å². The van der Waals surface area contributed by atoms with Crippen LogP contribution in [0.2, 0.25) is 0 Å². The van der Waals surface area contributed by atoms with Crippen molar-refractivity contribution >= 4 is 28.3 Å². The predicted octanol–water partition coefficient (Wildman–Crippen LogP) is 1.24. The Labute approximate surface area is 83.0 Å². The molecule has 1 aliphatic rings. The summed E-state index contributed by atoms with van der Waals surface area (Å²) in [6.45, 7) is 2.19. The summed E-state index contributed by atoms with van der Waals surface area (Å²) in [7, 11) is 0. The van der Waals surface area contributed by atoms with Crippen molar-refractivity contribution in [2.24, 2.45) is 0 Å². The van der Waals surface area contributed by atoms with Gasteiger partial charge < -0.3 is 5.43 Å². The zero-order chi connectivity index (χ0) is 8.81. The Balaban J connectivity index is 2.13. The fraction of sp³-hybridized carbons (Fsp3) is 0.625. The fourth-order valence-corrected chi connectivity index (χ4v) is 1.81. The third-order valence-corrected chi connectivity index (χ3v) is 2.75. The molecule has 0 aliphatic carbocycles. The molecule has 0 aromatic rings. The molecule has 4 heteroatoms. The van der Waals surface area contributed by atoms with Gasteiger partial charge in [-0.15, -0.1) is 6.42 Å². The molecule has 1 heterocycles. The number of hydrazine groups is 1. The van der Waals surface area contributed by atoms with Crippen LogP contribution in [0, 0.1) is 12.3 Å². The van der Waals surface area contributed by atoms with Crippen molar-refractivity contribution in [1.82, 2.24) is 10.4 Å². The molecule has 0 saturated carbocycles. The van der Waals surface area contributed by atoms with Crippen LogP contribution in [0.5, 0.6) is 0 Å². The molecule has 1 N–H and O–H groups in total. The molecule has 0 aromatic carbocycles. The van der Waals surface area contributed by atoms with Crippen LogP contribution in [-0.4, -0.2) is 28.2 Å². The Morgan fingerprint density at radius 1 is 1.58 bits per heavy atom. The first-order chi connectivity index (χ1) is 5.83. The van der Waals surface area contributed by atoms with Crippen LogP contribution in [0.25, 0.3) is 0 Å². The van der Waals surface area contributed by atoms with Gasteiger partial charge in [-0.05, 0) is 12.8 Å². The normalized spacial score (nSPS) is 17.2. The van der Waals surface area contributed by atoms with Crippen LogP contribution in [-0.2, 0) is 0 Å². The summed E-state index contributed by atoms with van der Waals surface area (Å²) >= 11 is 6.58. The molecule has 0 atom stereocenters. The van der Waals surface area contributed by atoms with E-state index < -0.39 is 0 Å². The van der Waals surface area contributed by atoms with E-state index in [1.54, 1.807) is 0 Å². The zero-order valence-corrected chi connectivity index (χ0v) is 8.51. The molecule has 0 spiro atoms. The average Bonchev–Trinajstić information content (AvgIpc) is 2.53. The van der Waals surface area contributed by atoms with Crippen LogP contribution in [0.3, 0.4) is 0 Å². The molecule has 0 aromatic heterocycles. The molecule has 0 bridgehead atoms. The average molecular weight is 200 g/mol. The molecular formula is C8H12N2S2. The maximum absolute atomic E-state index is 5.11. The van der Waals surface area contributed by atoms with E-state index in [2.05, 4.69) is 16.4 Å². The number of nitrogens with one attached hydrogen (secondary N) is 1. The van der Waals surface area contributed by atoms with Gasteiger partial charge in [0, 0.05) is 13.1 Å². The Morgan fingerprint density at radius 3 is 2.83 bits per heavy atom. The Bertz CT molecular complexity index is 192. The molecule has 0 unspecified atom stereocenters. The second-order valence-corrected chi connectivity index (χ2v) is 4.24. The molecule has 2 nitrogen and oxygen atoms in total. The number of hydrogen-bond donors (Lipinski definition) is 1. The van der Waals surface area contributed by atoms with E-state index in [1.165, 1.54) is 24.6 Å². The summed E-state index contributed by atoms with van der Waals surface area (Å²) in [6, 6.07) is 0. The highest BCUT2D eigenvalue weighted by molar-refractivity contribution is 8.23. The molecule has 1 saturated heterocycles. The minimum Gasteiger partial charge on any atom is -0.304 e. The van der Waals surface area contributed by atoms with Crippen molar-refractivity contribution in [1.29, 1.82) is 0 Å². The van der Waals surface area contributed by atoms with E-state index in [9.17, 15) is 0 Å². The predicted molar refractivity (Wildman–Crippen MR) is 57.8 cm³/mol. The van der Waals surface area contributed by atoms with E-state index in [4.69, 9.17) is 18.6 Å². The van der Waals surface area contributed by atoms with Crippen LogP contribution in [0.4, 0.5) is 0 Å². The molecule has 1 rings (SSSR count). The maximum atomic E-state index is 5.11. The maximum Gasteiger partial charge on any atom is 0.149 e. The van der Waals surface area contributed by atoms with Crippen molar-refractivity contribution in [3.63, 3.8) is 0 Å². The molecule has 1 fully saturated rings. The Kier molecular flexibility index (Phi) is 4.44. The van der Waals surface area contributed by atoms with Gasteiger partial charge in [0.1, 0.15) is 4.32 Å². The summed E-state index contributed by atoms with van der Waals surface area (Å²) in [4.78, 5) is 0. The van der Waals surface area contributed by atoms with Gasteiger partial charge in [-0.25, -0.2) is 5.01 Å². The summed E-state index contributed by atoms with van der Waals surface area (Å²) in [5.41, 5.74) is 3.15. The van der Waals surface area contributed by atoms with E-state index in [0.29, 0.717) is 5.75 Å². The van der Waals surface area contributed by atoms with Gasteiger partial charge in [0.2, 0.25) is 0 Å². The summed E-state index contributed by atoms with van der Waals surface area (Å²) in [5, 5.41) is 2.14. The lowest BCUT2D eigenvalue weighted by Crippen LogP contribution is -2.37. The number of terminal acetylenes is 1. The van der Waals surface area contributed by atoms with Crippen LogP contribution in [0.1, 0.15) is 12.8 Å². The molecule has 66 valence electrons. The lowest BCUT2D eigenvalue weighted by atomic mass is 10.4. The minimum absolute atomic E-state index is 0.652. The third kappa shape index (κ3) is 3.44. The molecule has 1 aliphatic heterocycles. The third-order valence-electron chi connectivity index (χ3n) is 1.64. The van der Waals surface area contributed by atoms with Crippen molar-refractivity contribution in [3.8, 4) is 12.3 Å². The van der Waals surface area contributed by atoms with Crippen LogP contribution >= 0.6 is 24.0 Å². The first-order valence-corrected chi connectivity index (χ1v) is 5.34. The Hall–Kier alpha value is -0.240. The highest BCUT2D eigenvalue weighted by atomic mass is 32.2. The number of thioether (sulfide) groups is 1. The van der Waals surface area contributed by atoms with E-state index >= 15 is 0 Å². The topological polar surface area (TPSA) is 15.3 Å². The van der Waals surface area contributed by atoms with Crippen molar-refractivity contribution < 1.29 is 0 Å². The van der Waals surface area contributed by atoms with Crippen molar-refractivity contribution in [3.05, 3.63) is 0 Å². The van der Waals surface area contributed by atoms with Gasteiger partial charge in [0.25, 0.3) is 0 Å². The smallest absolute Gasteiger partial charge is 0.149 e. The molecule has 0 amide bonds. The first kappa shape index (κ1) is 9.85. The number of rotatable bonds is 2. The first-order valence-electron chi connectivity index (χ1n) is 3.95. The second kappa shape index (κ2) is 5.41. The van der Waals surface area contributed by atoms with Gasteiger partial charge >= 0.3 is 0 Å². The molecule has 0 radical (unpaired) electrons. The number of hydrogen-bond acceptors (Lipinski definition) is 3. The van der Waals surface area contributed by atoms with Gasteiger partial charge in [-0.1, -0.05) is 29.9 Å². The van der Waals surface area contributed by atoms with E-state index in [-0.39, 0.29) is 0 Å². The monoisotopic (exact) mass is 200 g/mol. The van der Waals surface area contributed by atoms with Crippen LogP contribution < -0.4 is 5.43 Å².